The van der Waals surface area contributed by atoms with Crippen molar-refractivity contribution in [2.45, 2.75) is 58.7 Å². The molecule has 2 rings (SSSR count). The van der Waals surface area contributed by atoms with Crippen LogP contribution < -0.4 is 5.32 Å². The molecule has 0 aliphatic carbocycles. The number of ether oxygens (including phenoxy) is 1. The van der Waals surface area contributed by atoms with E-state index in [-0.39, 0.29) is 30.2 Å². The van der Waals surface area contributed by atoms with Crippen LogP contribution in [0.1, 0.15) is 37.6 Å². The van der Waals surface area contributed by atoms with Gasteiger partial charge in [-0.15, -0.1) is 0 Å². The molecule has 0 spiro atoms. The zero-order valence-corrected chi connectivity index (χ0v) is 13.2. The minimum Gasteiger partial charge on any atom is -0.376 e. The van der Waals surface area contributed by atoms with Crippen molar-refractivity contribution in [3.05, 3.63) is 21.5 Å². The first-order valence-corrected chi connectivity index (χ1v) is 7.49. The maximum Gasteiger partial charge on any atom is 0.312 e. The summed E-state index contributed by atoms with van der Waals surface area (Å²) in [6, 6.07) is -0.0233. The van der Waals surface area contributed by atoms with Gasteiger partial charge in [0.05, 0.1) is 23.6 Å². The van der Waals surface area contributed by atoms with Crippen LogP contribution in [0.3, 0.4) is 0 Å². The molecule has 8 heteroatoms. The van der Waals surface area contributed by atoms with E-state index in [2.05, 4.69) is 10.4 Å². The van der Waals surface area contributed by atoms with Crippen LogP contribution in [0.4, 0.5) is 5.69 Å². The molecule has 0 radical (unpaired) electrons. The molecule has 0 unspecified atom stereocenters. The third-order valence-electron chi connectivity index (χ3n) is 3.99. The summed E-state index contributed by atoms with van der Waals surface area (Å²) in [5.74, 6) is -0.0989. The topological polar surface area (TPSA) is 99.3 Å². The second-order valence-electron chi connectivity index (χ2n) is 5.66. The van der Waals surface area contributed by atoms with E-state index in [4.69, 9.17) is 4.74 Å². The van der Waals surface area contributed by atoms with E-state index in [9.17, 15) is 14.9 Å². The van der Waals surface area contributed by atoms with Gasteiger partial charge in [-0.05, 0) is 33.6 Å². The van der Waals surface area contributed by atoms with Crippen LogP contribution in [0.25, 0.3) is 0 Å². The Balaban J connectivity index is 1.88. The van der Waals surface area contributed by atoms with E-state index < -0.39 is 4.92 Å². The standard InChI is InChI=1S/C14H22N4O4/c1-9(12-5-4-8-22-12)15-13(19)6-7-17-11(3)14(18(20)21)10(2)16-17/h9,12H,4-8H2,1-3H3,(H,15,19)/t9-,12-/m0/s1. The molecule has 1 aliphatic rings. The lowest BCUT2D eigenvalue weighted by atomic mass is 10.1. The predicted octanol–water partition coefficient (Wildman–Crippen LogP) is 1.48. The molecule has 122 valence electrons. The highest BCUT2D eigenvalue weighted by molar-refractivity contribution is 5.76. The molecule has 1 amide bonds. The molecule has 0 aromatic carbocycles. The normalized spacial score (nSPS) is 19.1. The molecule has 1 aromatic rings. The fourth-order valence-electron chi connectivity index (χ4n) is 2.79. The van der Waals surface area contributed by atoms with Crippen molar-refractivity contribution in [3.63, 3.8) is 0 Å². The van der Waals surface area contributed by atoms with Gasteiger partial charge in [-0.3, -0.25) is 19.6 Å². The third kappa shape index (κ3) is 3.62. The van der Waals surface area contributed by atoms with E-state index in [1.807, 2.05) is 6.92 Å². The Labute approximate surface area is 129 Å². The second kappa shape index (κ2) is 6.87. The number of carbonyl (C=O) groups is 1. The van der Waals surface area contributed by atoms with Crippen LogP contribution in [0.2, 0.25) is 0 Å². The van der Waals surface area contributed by atoms with Crippen molar-refractivity contribution in [3.8, 4) is 0 Å². The fourth-order valence-corrected chi connectivity index (χ4v) is 2.79. The Morgan fingerprint density at radius 3 is 2.86 bits per heavy atom. The monoisotopic (exact) mass is 310 g/mol. The Kier molecular flexibility index (Phi) is 5.12. The van der Waals surface area contributed by atoms with Crippen LogP contribution >= 0.6 is 0 Å². The van der Waals surface area contributed by atoms with Crippen molar-refractivity contribution in [1.82, 2.24) is 15.1 Å². The average molecular weight is 310 g/mol. The van der Waals surface area contributed by atoms with Crippen LogP contribution in [-0.2, 0) is 16.1 Å². The number of carbonyl (C=O) groups excluding carboxylic acids is 1. The summed E-state index contributed by atoms with van der Waals surface area (Å²) in [4.78, 5) is 22.5. The minimum atomic E-state index is -0.437. The SMILES string of the molecule is Cc1nn(CCC(=O)N[C@@H](C)[C@@H]2CCCO2)c(C)c1[N+](=O)[O-]. The largest absolute Gasteiger partial charge is 0.376 e. The molecule has 8 nitrogen and oxygen atoms in total. The molecule has 2 atom stereocenters. The number of amides is 1. The Morgan fingerprint density at radius 1 is 1.59 bits per heavy atom. The smallest absolute Gasteiger partial charge is 0.312 e. The summed E-state index contributed by atoms with van der Waals surface area (Å²) >= 11 is 0. The number of aromatic nitrogens is 2. The molecule has 1 fully saturated rings. The third-order valence-corrected chi connectivity index (χ3v) is 3.99. The molecule has 2 heterocycles. The summed E-state index contributed by atoms with van der Waals surface area (Å²) in [5, 5.41) is 18.0. The highest BCUT2D eigenvalue weighted by Crippen LogP contribution is 2.22. The number of hydrogen-bond acceptors (Lipinski definition) is 5. The van der Waals surface area contributed by atoms with Crippen molar-refractivity contribution in [2.24, 2.45) is 0 Å². The van der Waals surface area contributed by atoms with Crippen molar-refractivity contribution in [2.75, 3.05) is 6.61 Å². The van der Waals surface area contributed by atoms with Gasteiger partial charge in [-0.2, -0.15) is 5.10 Å². The number of rotatable bonds is 6. The van der Waals surface area contributed by atoms with E-state index in [0.717, 1.165) is 19.4 Å². The molecule has 1 N–H and O–H groups in total. The van der Waals surface area contributed by atoms with Gasteiger partial charge >= 0.3 is 5.69 Å². The quantitative estimate of drug-likeness (QED) is 0.634. The van der Waals surface area contributed by atoms with Gasteiger partial charge < -0.3 is 10.1 Å². The summed E-state index contributed by atoms with van der Waals surface area (Å²) in [6.07, 6.45) is 2.31. The summed E-state index contributed by atoms with van der Waals surface area (Å²) in [7, 11) is 0. The average Bonchev–Trinajstić information content (AvgIpc) is 3.04. The highest BCUT2D eigenvalue weighted by atomic mass is 16.6. The van der Waals surface area contributed by atoms with Crippen LogP contribution in [-0.4, -0.2) is 39.4 Å². The molecule has 1 saturated heterocycles. The van der Waals surface area contributed by atoms with Gasteiger partial charge in [0, 0.05) is 13.0 Å². The number of hydrogen-bond donors (Lipinski definition) is 1. The van der Waals surface area contributed by atoms with Crippen LogP contribution in [0.15, 0.2) is 0 Å². The van der Waals surface area contributed by atoms with Gasteiger partial charge in [-0.1, -0.05) is 0 Å². The Bertz CT molecular complexity index is 563. The second-order valence-corrected chi connectivity index (χ2v) is 5.66. The molecule has 1 aliphatic heterocycles. The molecule has 0 bridgehead atoms. The zero-order chi connectivity index (χ0) is 16.3. The summed E-state index contributed by atoms with van der Waals surface area (Å²) in [6.45, 7) is 6.25. The maximum atomic E-state index is 12.0. The van der Waals surface area contributed by atoms with Gasteiger partial charge in [-0.25, -0.2) is 0 Å². The number of nitrogens with zero attached hydrogens (tertiary/aromatic N) is 3. The van der Waals surface area contributed by atoms with Gasteiger partial charge in [0.25, 0.3) is 0 Å². The molecular weight excluding hydrogens is 288 g/mol. The zero-order valence-electron chi connectivity index (χ0n) is 13.2. The van der Waals surface area contributed by atoms with Crippen molar-refractivity contribution >= 4 is 11.6 Å². The maximum absolute atomic E-state index is 12.0. The lowest BCUT2D eigenvalue weighted by Crippen LogP contribution is -2.41. The van der Waals surface area contributed by atoms with E-state index in [1.54, 1.807) is 13.8 Å². The van der Waals surface area contributed by atoms with Gasteiger partial charge in [0.1, 0.15) is 11.4 Å². The first kappa shape index (κ1) is 16.4. The lowest BCUT2D eigenvalue weighted by molar-refractivity contribution is -0.386. The van der Waals surface area contributed by atoms with E-state index in [1.165, 1.54) is 4.68 Å². The van der Waals surface area contributed by atoms with Crippen LogP contribution in [0, 0.1) is 24.0 Å². The summed E-state index contributed by atoms with van der Waals surface area (Å²) < 4.78 is 7.05. The minimum absolute atomic E-state index is 0.0214. The van der Waals surface area contributed by atoms with Crippen molar-refractivity contribution in [1.29, 1.82) is 0 Å². The Morgan fingerprint density at radius 2 is 2.32 bits per heavy atom. The van der Waals surface area contributed by atoms with Crippen molar-refractivity contribution < 1.29 is 14.5 Å². The fraction of sp³-hybridized carbons (Fsp3) is 0.714. The first-order valence-electron chi connectivity index (χ1n) is 7.49. The number of nitro groups is 1. The van der Waals surface area contributed by atoms with Gasteiger partial charge in [0.15, 0.2) is 0 Å². The predicted molar refractivity (Wildman–Crippen MR) is 79.6 cm³/mol. The van der Waals surface area contributed by atoms with E-state index >= 15 is 0 Å². The molecule has 1 aromatic heterocycles. The Hall–Kier alpha value is -1.96. The van der Waals surface area contributed by atoms with E-state index in [0.29, 0.717) is 17.9 Å². The molecular formula is C14H22N4O4. The molecule has 22 heavy (non-hydrogen) atoms. The first-order chi connectivity index (χ1) is 10.4. The number of nitrogens with one attached hydrogen (secondary N) is 1. The van der Waals surface area contributed by atoms with Crippen LogP contribution in [0.5, 0.6) is 0 Å². The summed E-state index contributed by atoms with van der Waals surface area (Å²) in [5.41, 5.74) is 0.867. The van der Waals surface area contributed by atoms with Gasteiger partial charge in [0.2, 0.25) is 5.91 Å². The number of aryl methyl sites for hydroxylation is 2. The highest BCUT2D eigenvalue weighted by Gasteiger charge is 2.24. The molecule has 0 saturated carbocycles. The lowest BCUT2D eigenvalue weighted by Gasteiger charge is -2.20.